The van der Waals surface area contributed by atoms with Crippen LogP contribution < -0.4 is 0 Å². The lowest BCUT2D eigenvalue weighted by molar-refractivity contribution is 0.0599. The summed E-state index contributed by atoms with van der Waals surface area (Å²) in [5, 5.41) is 8.24. The first-order valence-corrected chi connectivity index (χ1v) is 6.24. The van der Waals surface area contributed by atoms with Crippen molar-refractivity contribution in [3.63, 3.8) is 0 Å². The number of hydrogen-bond acceptors (Lipinski definition) is 4. The van der Waals surface area contributed by atoms with Crippen LogP contribution >= 0.6 is 0 Å². The first-order chi connectivity index (χ1) is 9.79. The van der Waals surface area contributed by atoms with Crippen molar-refractivity contribution in [3.05, 3.63) is 59.7 Å². The van der Waals surface area contributed by atoms with E-state index in [-0.39, 0.29) is 5.97 Å². The average Bonchev–Trinajstić information content (AvgIpc) is 2.90. The number of methoxy groups -OCH3 is 1. The molecule has 0 amide bonds. The molecule has 0 fully saturated rings. The van der Waals surface area contributed by atoms with Gasteiger partial charge < -0.3 is 4.74 Å². The van der Waals surface area contributed by atoms with Crippen molar-refractivity contribution in [1.29, 1.82) is 0 Å². The molecule has 2 aromatic carbocycles. The standard InChI is InChI=1S/C15H13N3O2/c1-20-15(19)12-7-3-2-6-11(12)10-18-14-9-5-4-8-13(14)16-17-18/h2-9H,10H2,1H3. The Kier molecular flexibility index (Phi) is 3.16. The third-order valence-electron chi connectivity index (χ3n) is 3.16. The van der Waals surface area contributed by atoms with Crippen molar-refractivity contribution in [1.82, 2.24) is 15.0 Å². The number of carbonyl (C=O) groups is 1. The highest BCUT2D eigenvalue weighted by molar-refractivity contribution is 5.91. The van der Waals surface area contributed by atoms with Crippen LogP contribution in [0, 0.1) is 0 Å². The normalized spacial score (nSPS) is 10.7. The quantitative estimate of drug-likeness (QED) is 0.683. The fourth-order valence-electron chi connectivity index (χ4n) is 2.16. The molecule has 0 unspecified atom stereocenters. The molecule has 0 radical (unpaired) electrons. The lowest BCUT2D eigenvalue weighted by Crippen LogP contribution is -2.09. The molecule has 1 heterocycles. The summed E-state index contributed by atoms with van der Waals surface area (Å²) in [7, 11) is 1.38. The number of esters is 1. The van der Waals surface area contributed by atoms with E-state index in [0.29, 0.717) is 12.1 Å². The van der Waals surface area contributed by atoms with Gasteiger partial charge in [0.2, 0.25) is 0 Å². The summed E-state index contributed by atoms with van der Waals surface area (Å²) in [5.41, 5.74) is 3.18. The lowest BCUT2D eigenvalue weighted by atomic mass is 10.1. The van der Waals surface area contributed by atoms with Crippen molar-refractivity contribution in [2.24, 2.45) is 0 Å². The van der Waals surface area contributed by atoms with E-state index < -0.39 is 0 Å². The number of rotatable bonds is 3. The molecule has 100 valence electrons. The maximum absolute atomic E-state index is 11.8. The Morgan fingerprint density at radius 1 is 1.15 bits per heavy atom. The molecule has 0 aliphatic rings. The Balaban J connectivity index is 2.01. The number of nitrogens with zero attached hydrogens (tertiary/aromatic N) is 3. The van der Waals surface area contributed by atoms with Gasteiger partial charge in [-0.05, 0) is 23.8 Å². The van der Waals surface area contributed by atoms with Gasteiger partial charge in [-0.15, -0.1) is 5.10 Å². The average molecular weight is 267 g/mol. The molecule has 1 aromatic heterocycles. The zero-order valence-corrected chi connectivity index (χ0v) is 11.0. The Morgan fingerprint density at radius 2 is 1.90 bits per heavy atom. The van der Waals surface area contributed by atoms with Gasteiger partial charge in [0.25, 0.3) is 0 Å². The summed E-state index contributed by atoms with van der Waals surface area (Å²) in [6, 6.07) is 15.1. The van der Waals surface area contributed by atoms with Crippen LogP contribution in [0.15, 0.2) is 48.5 Å². The molecule has 0 saturated heterocycles. The predicted molar refractivity (Wildman–Crippen MR) is 74.4 cm³/mol. The van der Waals surface area contributed by atoms with Crippen molar-refractivity contribution in [2.45, 2.75) is 6.54 Å². The number of aromatic nitrogens is 3. The molecule has 3 aromatic rings. The number of hydrogen-bond donors (Lipinski definition) is 0. The van der Waals surface area contributed by atoms with E-state index in [1.54, 1.807) is 10.7 Å². The van der Waals surface area contributed by atoms with Crippen molar-refractivity contribution < 1.29 is 9.53 Å². The number of para-hydroxylation sites is 1. The Bertz CT molecular complexity index is 764. The van der Waals surface area contributed by atoms with Crippen molar-refractivity contribution >= 4 is 17.0 Å². The molecule has 0 saturated carbocycles. The number of carbonyl (C=O) groups excluding carboxylic acids is 1. The molecule has 0 aliphatic carbocycles. The summed E-state index contributed by atoms with van der Waals surface area (Å²) in [6.07, 6.45) is 0. The molecule has 0 bridgehead atoms. The summed E-state index contributed by atoms with van der Waals surface area (Å²) in [4.78, 5) is 11.8. The largest absolute Gasteiger partial charge is 0.465 e. The Morgan fingerprint density at radius 3 is 2.75 bits per heavy atom. The monoisotopic (exact) mass is 267 g/mol. The minimum absolute atomic E-state index is 0.343. The molecule has 0 N–H and O–H groups in total. The maximum atomic E-state index is 11.8. The van der Waals surface area contributed by atoms with Gasteiger partial charge in [0.1, 0.15) is 5.52 Å². The van der Waals surface area contributed by atoms with Crippen LogP contribution in [0.5, 0.6) is 0 Å². The van der Waals surface area contributed by atoms with Crippen LogP contribution in [0.2, 0.25) is 0 Å². The van der Waals surface area contributed by atoms with Gasteiger partial charge in [0, 0.05) is 0 Å². The van der Waals surface area contributed by atoms with Crippen LogP contribution in [0.1, 0.15) is 15.9 Å². The SMILES string of the molecule is COC(=O)c1ccccc1Cn1nnc2ccccc21. The molecule has 5 heteroatoms. The van der Waals surface area contributed by atoms with E-state index in [9.17, 15) is 4.79 Å². The van der Waals surface area contributed by atoms with E-state index in [0.717, 1.165) is 16.6 Å². The van der Waals surface area contributed by atoms with Crippen LogP contribution in [-0.4, -0.2) is 28.1 Å². The predicted octanol–water partition coefficient (Wildman–Crippen LogP) is 2.27. The van der Waals surface area contributed by atoms with Gasteiger partial charge in [-0.2, -0.15) is 0 Å². The fraction of sp³-hybridized carbons (Fsp3) is 0.133. The third kappa shape index (κ3) is 2.14. The first kappa shape index (κ1) is 12.3. The molecular weight excluding hydrogens is 254 g/mol. The van der Waals surface area contributed by atoms with Gasteiger partial charge in [0.15, 0.2) is 0 Å². The van der Waals surface area contributed by atoms with Gasteiger partial charge >= 0.3 is 5.97 Å². The van der Waals surface area contributed by atoms with Gasteiger partial charge in [-0.1, -0.05) is 35.5 Å². The van der Waals surface area contributed by atoms with Crippen LogP contribution in [0.4, 0.5) is 0 Å². The maximum Gasteiger partial charge on any atom is 0.338 e. The minimum atomic E-state index is -0.343. The van der Waals surface area contributed by atoms with E-state index in [4.69, 9.17) is 4.74 Å². The highest BCUT2D eigenvalue weighted by Crippen LogP contribution is 2.15. The Hall–Kier alpha value is -2.69. The first-order valence-electron chi connectivity index (χ1n) is 6.24. The van der Waals surface area contributed by atoms with Crippen LogP contribution in [0.25, 0.3) is 11.0 Å². The second-order valence-corrected chi connectivity index (χ2v) is 4.38. The fourth-order valence-corrected chi connectivity index (χ4v) is 2.16. The topological polar surface area (TPSA) is 57.0 Å². The van der Waals surface area contributed by atoms with Crippen molar-refractivity contribution in [2.75, 3.05) is 7.11 Å². The highest BCUT2D eigenvalue weighted by atomic mass is 16.5. The highest BCUT2D eigenvalue weighted by Gasteiger charge is 2.12. The van der Waals surface area contributed by atoms with Gasteiger partial charge in [-0.25, -0.2) is 9.48 Å². The molecule has 3 rings (SSSR count). The third-order valence-corrected chi connectivity index (χ3v) is 3.16. The molecule has 0 aliphatic heterocycles. The second kappa shape index (κ2) is 5.13. The summed E-state index contributed by atoms with van der Waals surface area (Å²) in [6.45, 7) is 0.478. The number of benzene rings is 2. The molecule has 0 spiro atoms. The van der Waals surface area contributed by atoms with Crippen LogP contribution in [-0.2, 0) is 11.3 Å². The molecule has 0 atom stereocenters. The van der Waals surface area contributed by atoms with E-state index >= 15 is 0 Å². The minimum Gasteiger partial charge on any atom is -0.465 e. The van der Waals surface area contributed by atoms with Crippen molar-refractivity contribution in [3.8, 4) is 0 Å². The molecule has 20 heavy (non-hydrogen) atoms. The zero-order chi connectivity index (χ0) is 13.9. The Labute approximate surface area is 115 Å². The zero-order valence-electron chi connectivity index (χ0n) is 11.0. The van der Waals surface area contributed by atoms with Gasteiger partial charge in [-0.3, -0.25) is 0 Å². The summed E-state index contributed by atoms with van der Waals surface area (Å²) >= 11 is 0. The summed E-state index contributed by atoms with van der Waals surface area (Å²) in [5.74, 6) is -0.343. The van der Waals surface area contributed by atoms with Crippen LogP contribution in [0.3, 0.4) is 0 Å². The van der Waals surface area contributed by atoms with Gasteiger partial charge in [0.05, 0.1) is 24.7 Å². The smallest absolute Gasteiger partial charge is 0.338 e. The van der Waals surface area contributed by atoms with E-state index in [2.05, 4.69) is 10.3 Å². The summed E-state index contributed by atoms with van der Waals surface area (Å²) < 4.78 is 6.57. The second-order valence-electron chi connectivity index (χ2n) is 4.38. The number of fused-ring (bicyclic) bond motifs is 1. The molecular formula is C15H13N3O2. The lowest BCUT2D eigenvalue weighted by Gasteiger charge is -2.08. The van der Waals surface area contributed by atoms with E-state index in [1.165, 1.54) is 7.11 Å². The van der Waals surface area contributed by atoms with E-state index in [1.807, 2.05) is 42.5 Å². The molecule has 5 nitrogen and oxygen atoms in total. The number of ether oxygens (including phenoxy) is 1.